The highest BCUT2D eigenvalue weighted by Gasteiger charge is 2.23. The number of fused-ring (bicyclic) bond motifs is 1. The molecule has 0 aliphatic rings. The van der Waals surface area contributed by atoms with Gasteiger partial charge in [-0.2, -0.15) is 0 Å². The molecule has 0 spiro atoms. The van der Waals surface area contributed by atoms with E-state index in [0.717, 1.165) is 28.1 Å². The molecule has 0 aliphatic heterocycles. The fourth-order valence-corrected chi connectivity index (χ4v) is 4.01. The smallest absolute Gasteiger partial charge is 0.340 e. The van der Waals surface area contributed by atoms with Gasteiger partial charge in [-0.05, 0) is 38.0 Å². The van der Waals surface area contributed by atoms with Crippen LogP contribution in [0.3, 0.4) is 0 Å². The summed E-state index contributed by atoms with van der Waals surface area (Å²) in [5.74, 6) is 0.771. The SMILES string of the molecule is COC(=O)c1cn(-c2c(C)ccc(OCc3ccccc3)c2C)c2nc(C)nc(Cl)c12. The Morgan fingerprint density at radius 3 is 2.52 bits per heavy atom. The molecule has 0 atom stereocenters. The van der Waals surface area contributed by atoms with Crippen molar-refractivity contribution in [1.29, 1.82) is 0 Å². The van der Waals surface area contributed by atoms with Gasteiger partial charge in [0.1, 0.15) is 23.3 Å². The zero-order valence-corrected chi connectivity index (χ0v) is 18.5. The molecule has 0 N–H and O–H groups in total. The van der Waals surface area contributed by atoms with Crippen molar-refractivity contribution in [3.63, 3.8) is 0 Å². The summed E-state index contributed by atoms with van der Waals surface area (Å²) >= 11 is 6.40. The number of carbonyl (C=O) groups excluding carboxylic acids is 1. The molecule has 0 unspecified atom stereocenters. The third-order valence-electron chi connectivity index (χ3n) is 5.18. The molecule has 2 aromatic carbocycles. The van der Waals surface area contributed by atoms with E-state index < -0.39 is 5.97 Å². The second-order valence-corrected chi connectivity index (χ2v) is 7.65. The Bertz CT molecular complexity index is 1280. The van der Waals surface area contributed by atoms with Crippen LogP contribution in [0.1, 0.15) is 32.9 Å². The number of benzene rings is 2. The summed E-state index contributed by atoms with van der Waals surface area (Å²) in [5.41, 5.74) is 4.75. The van der Waals surface area contributed by atoms with Gasteiger partial charge in [-0.25, -0.2) is 14.8 Å². The van der Waals surface area contributed by atoms with Crippen LogP contribution in [0.25, 0.3) is 16.7 Å². The maximum Gasteiger partial charge on any atom is 0.340 e. The molecule has 2 heterocycles. The van der Waals surface area contributed by atoms with Crippen molar-refractivity contribution in [1.82, 2.24) is 14.5 Å². The number of rotatable bonds is 5. The number of methoxy groups -OCH3 is 1. The molecule has 4 rings (SSSR count). The normalized spacial score (nSPS) is 11.0. The van der Waals surface area contributed by atoms with Crippen molar-refractivity contribution in [2.75, 3.05) is 7.11 Å². The first-order chi connectivity index (χ1) is 14.9. The highest BCUT2D eigenvalue weighted by Crippen LogP contribution is 2.34. The van der Waals surface area contributed by atoms with Crippen LogP contribution >= 0.6 is 11.6 Å². The third-order valence-corrected chi connectivity index (χ3v) is 5.45. The average molecular weight is 436 g/mol. The lowest BCUT2D eigenvalue weighted by Gasteiger charge is -2.17. The van der Waals surface area contributed by atoms with Crippen LogP contribution in [-0.2, 0) is 11.3 Å². The number of hydrogen-bond acceptors (Lipinski definition) is 5. The molecule has 0 radical (unpaired) electrons. The van der Waals surface area contributed by atoms with Crippen LogP contribution in [0.4, 0.5) is 0 Å². The van der Waals surface area contributed by atoms with Crippen LogP contribution in [0, 0.1) is 20.8 Å². The second-order valence-electron chi connectivity index (χ2n) is 7.29. The Labute approximate surface area is 185 Å². The lowest BCUT2D eigenvalue weighted by atomic mass is 10.1. The standard InChI is InChI=1S/C24H22ClN3O3/c1-14-10-11-19(31-13-17-8-6-5-7-9-17)15(2)21(14)28-12-18(24(29)30-4)20-22(25)26-16(3)27-23(20)28/h5-12H,13H2,1-4H3. The van der Waals surface area contributed by atoms with E-state index >= 15 is 0 Å². The molecule has 0 amide bonds. The van der Waals surface area contributed by atoms with Gasteiger partial charge in [0.05, 0.1) is 23.7 Å². The van der Waals surface area contributed by atoms with Gasteiger partial charge in [0.2, 0.25) is 0 Å². The molecule has 0 fully saturated rings. The first-order valence-corrected chi connectivity index (χ1v) is 10.2. The van der Waals surface area contributed by atoms with Crippen molar-refractivity contribution in [3.05, 3.63) is 81.9 Å². The van der Waals surface area contributed by atoms with E-state index in [9.17, 15) is 4.79 Å². The second kappa shape index (κ2) is 8.40. The molecule has 31 heavy (non-hydrogen) atoms. The maximum atomic E-state index is 12.4. The van der Waals surface area contributed by atoms with Gasteiger partial charge >= 0.3 is 5.97 Å². The lowest BCUT2D eigenvalue weighted by Crippen LogP contribution is -2.04. The van der Waals surface area contributed by atoms with Crippen molar-refractivity contribution in [2.24, 2.45) is 0 Å². The minimum Gasteiger partial charge on any atom is -0.489 e. The molecule has 2 aromatic heterocycles. The predicted octanol–water partition coefficient (Wildman–Crippen LogP) is 5.36. The minimum atomic E-state index is -0.495. The molecule has 0 saturated carbocycles. The number of carbonyl (C=O) groups is 1. The molecule has 6 nitrogen and oxygen atoms in total. The quantitative estimate of drug-likeness (QED) is 0.311. The monoisotopic (exact) mass is 435 g/mol. The van der Waals surface area contributed by atoms with Crippen LogP contribution < -0.4 is 4.74 Å². The Kier molecular flexibility index (Phi) is 5.65. The Balaban J connectivity index is 1.87. The highest BCUT2D eigenvalue weighted by atomic mass is 35.5. The Hall–Kier alpha value is -3.38. The summed E-state index contributed by atoms with van der Waals surface area (Å²) < 4.78 is 12.9. The number of aromatic nitrogens is 3. The van der Waals surface area contributed by atoms with Crippen molar-refractivity contribution in [3.8, 4) is 11.4 Å². The molecular formula is C24H22ClN3O3. The number of halogens is 1. The van der Waals surface area contributed by atoms with Gasteiger partial charge in [0.25, 0.3) is 0 Å². The summed E-state index contributed by atoms with van der Waals surface area (Å²) in [6.45, 7) is 6.21. The summed E-state index contributed by atoms with van der Waals surface area (Å²) in [7, 11) is 1.34. The van der Waals surface area contributed by atoms with Crippen molar-refractivity contribution in [2.45, 2.75) is 27.4 Å². The number of ether oxygens (including phenoxy) is 2. The first-order valence-electron chi connectivity index (χ1n) is 9.81. The van der Waals surface area contributed by atoms with E-state index in [4.69, 9.17) is 21.1 Å². The molecule has 4 aromatic rings. The average Bonchev–Trinajstić information content (AvgIpc) is 3.13. The van der Waals surface area contributed by atoms with Gasteiger partial charge in [-0.1, -0.05) is 48.0 Å². The summed E-state index contributed by atoms with van der Waals surface area (Å²) in [5, 5.41) is 0.682. The van der Waals surface area contributed by atoms with E-state index in [0.29, 0.717) is 29.0 Å². The molecular weight excluding hydrogens is 414 g/mol. The van der Waals surface area contributed by atoms with E-state index in [2.05, 4.69) is 9.97 Å². The summed E-state index contributed by atoms with van der Waals surface area (Å²) in [4.78, 5) is 21.2. The number of hydrogen-bond donors (Lipinski definition) is 0. The molecule has 0 bridgehead atoms. The Morgan fingerprint density at radius 1 is 1.06 bits per heavy atom. The van der Waals surface area contributed by atoms with E-state index in [1.165, 1.54) is 7.11 Å². The van der Waals surface area contributed by atoms with Crippen LogP contribution in [0.5, 0.6) is 5.75 Å². The molecule has 158 valence electrons. The fraction of sp³-hybridized carbons (Fsp3) is 0.208. The van der Waals surface area contributed by atoms with Crippen LogP contribution in [0.2, 0.25) is 5.15 Å². The van der Waals surface area contributed by atoms with E-state index in [1.54, 1.807) is 13.1 Å². The topological polar surface area (TPSA) is 66.2 Å². The third kappa shape index (κ3) is 3.86. The minimum absolute atomic E-state index is 0.216. The van der Waals surface area contributed by atoms with Crippen molar-refractivity contribution >= 4 is 28.6 Å². The van der Waals surface area contributed by atoms with Crippen molar-refractivity contribution < 1.29 is 14.3 Å². The largest absolute Gasteiger partial charge is 0.489 e. The van der Waals surface area contributed by atoms with Crippen LogP contribution in [0.15, 0.2) is 48.7 Å². The van der Waals surface area contributed by atoms with E-state index in [1.807, 2.05) is 60.9 Å². The van der Waals surface area contributed by atoms with Gasteiger partial charge in [0.15, 0.2) is 5.65 Å². The number of nitrogens with zero attached hydrogens (tertiary/aromatic N) is 3. The zero-order chi connectivity index (χ0) is 22.1. The van der Waals surface area contributed by atoms with Gasteiger partial charge < -0.3 is 9.47 Å². The molecule has 7 heteroatoms. The maximum absolute atomic E-state index is 12.4. The lowest BCUT2D eigenvalue weighted by molar-refractivity contribution is 0.0603. The Morgan fingerprint density at radius 2 is 1.81 bits per heavy atom. The fourth-order valence-electron chi connectivity index (χ4n) is 3.70. The summed E-state index contributed by atoms with van der Waals surface area (Å²) in [6.07, 6.45) is 1.70. The first kappa shape index (κ1) is 20.9. The molecule has 0 aliphatic carbocycles. The molecule has 0 saturated heterocycles. The predicted molar refractivity (Wildman–Crippen MR) is 120 cm³/mol. The van der Waals surface area contributed by atoms with Gasteiger partial charge in [-0.15, -0.1) is 0 Å². The number of esters is 1. The number of aryl methyl sites for hydroxylation is 2. The summed E-state index contributed by atoms with van der Waals surface area (Å²) in [6, 6.07) is 13.9. The van der Waals surface area contributed by atoms with Gasteiger partial charge in [0, 0.05) is 11.8 Å². The zero-order valence-electron chi connectivity index (χ0n) is 17.8. The van der Waals surface area contributed by atoms with Crippen LogP contribution in [-0.4, -0.2) is 27.6 Å². The van der Waals surface area contributed by atoms with E-state index in [-0.39, 0.29) is 5.15 Å². The highest BCUT2D eigenvalue weighted by molar-refractivity contribution is 6.35. The van der Waals surface area contributed by atoms with Gasteiger partial charge in [-0.3, -0.25) is 4.57 Å².